The Kier molecular flexibility index (Phi) is 4.39. The molecule has 0 aliphatic carbocycles. The van der Waals surface area contributed by atoms with Crippen molar-refractivity contribution in [3.05, 3.63) is 41.6 Å². The summed E-state index contributed by atoms with van der Waals surface area (Å²) in [6.45, 7) is 6.10. The van der Waals surface area contributed by atoms with Gasteiger partial charge in [0.15, 0.2) is 0 Å². The van der Waals surface area contributed by atoms with Crippen LogP contribution in [0.1, 0.15) is 35.8 Å². The third-order valence-corrected chi connectivity index (χ3v) is 4.49. The summed E-state index contributed by atoms with van der Waals surface area (Å²) in [6.07, 6.45) is 2.35. The van der Waals surface area contributed by atoms with Crippen molar-refractivity contribution in [1.82, 2.24) is 15.6 Å². The Hall–Kier alpha value is -1.94. The van der Waals surface area contributed by atoms with Gasteiger partial charge in [-0.05, 0) is 57.8 Å². The van der Waals surface area contributed by atoms with Gasteiger partial charge in [-0.2, -0.15) is 0 Å². The highest BCUT2D eigenvalue weighted by Gasteiger charge is 2.22. The summed E-state index contributed by atoms with van der Waals surface area (Å²) in [5.41, 5.74) is 2.47. The van der Waals surface area contributed by atoms with E-state index in [0.29, 0.717) is 5.92 Å². The van der Waals surface area contributed by atoms with Crippen molar-refractivity contribution >= 4 is 16.8 Å². The van der Waals surface area contributed by atoms with Crippen LogP contribution in [0.5, 0.6) is 0 Å². The summed E-state index contributed by atoms with van der Waals surface area (Å²) in [5.74, 6) is 0.506. The molecule has 3 rings (SSSR count). The number of benzene rings is 1. The summed E-state index contributed by atoms with van der Waals surface area (Å²) < 4.78 is 0. The van der Waals surface area contributed by atoms with Gasteiger partial charge in [-0.3, -0.25) is 9.78 Å². The van der Waals surface area contributed by atoms with Crippen LogP contribution in [0.15, 0.2) is 30.3 Å². The Bertz CT molecular complexity index is 677. The van der Waals surface area contributed by atoms with Crippen LogP contribution in [-0.4, -0.2) is 30.0 Å². The molecule has 2 aromatic rings. The average molecular weight is 297 g/mol. The van der Waals surface area contributed by atoms with Gasteiger partial charge in [0.1, 0.15) is 0 Å². The Labute approximate surface area is 131 Å². The summed E-state index contributed by atoms with van der Waals surface area (Å²) in [5, 5.41) is 7.50. The van der Waals surface area contributed by atoms with Gasteiger partial charge in [0, 0.05) is 17.1 Å². The molecule has 1 aromatic heterocycles. The molecule has 1 aromatic carbocycles. The SMILES string of the molecule is Cc1cc(C(=O)NC(C)C2CCCNC2)c2ccccc2n1. The van der Waals surface area contributed by atoms with Gasteiger partial charge in [-0.15, -0.1) is 0 Å². The molecule has 0 spiro atoms. The third-order valence-electron chi connectivity index (χ3n) is 4.49. The number of hydrogen-bond acceptors (Lipinski definition) is 3. The summed E-state index contributed by atoms with van der Waals surface area (Å²) in [7, 11) is 0. The van der Waals surface area contributed by atoms with E-state index in [0.717, 1.165) is 35.2 Å². The average Bonchev–Trinajstić information content (AvgIpc) is 2.54. The van der Waals surface area contributed by atoms with Crippen LogP contribution in [0.2, 0.25) is 0 Å². The highest BCUT2D eigenvalue weighted by atomic mass is 16.1. The van der Waals surface area contributed by atoms with Crippen LogP contribution < -0.4 is 10.6 Å². The first kappa shape index (κ1) is 15.0. The number of fused-ring (bicyclic) bond motifs is 1. The maximum Gasteiger partial charge on any atom is 0.252 e. The molecule has 0 radical (unpaired) electrons. The second-order valence-electron chi connectivity index (χ2n) is 6.20. The van der Waals surface area contributed by atoms with Crippen molar-refractivity contribution in [2.75, 3.05) is 13.1 Å². The Morgan fingerprint density at radius 2 is 2.23 bits per heavy atom. The number of piperidine rings is 1. The Morgan fingerprint density at radius 1 is 1.41 bits per heavy atom. The number of nitrogens with zero attached hydrogens (tertiary/aromatic N) is 1. The van der Waals surface area contributed by atoms with E-state index in [1.165, 1.54) is 12.8 Å². The van der Waals surface area contributed by atoms with Crippen LogP contribution in [0.25, 0.3) is 10.9 Å². The van der Waals surface area contributed by atoms with Gasteiger partial charge in [0.25, 0.3) is 5.91 Å². The smallest absolute Gasteiger partial charge is 0.252 e. The third kappa shape index (κ3) is 3.12. The molecule has 4 nitrogen and oxygen atoms in total. The molecule has 0 bridgehead atoms. The Balaban J connectivity index is 1.82. The predicted octanol–water partition coefficient (Wildman–Crippen LogP) is 2.66. The molecule has 4 heteroatoms. The highest BCUT2D eigenvalue weighted by Crippen LogP contribution is 2.19. The standard InChI is InChI=1S/C18H23N3O/c1-12-10-16(15-7-3-4-8-17(15)20-12)18(22)21-13(2)14-6-5-9-19-11-14/h3-4,7-8,10,13-14,19H,5-6,9,11H2,1-2H3,(H,21,22). The summed E-state index contributed by atoms with van der Waals surface area (Å²) in [4.78, 5) is 17.2. The molecule has 1 aliphatic heterocycles. The maximum absolute atomic E-state index is 12.7. The first-order valence-corrected chi connectivity index (χ1v) is 8.03. The largest absolute Gasteiger partial charge is 0.349 e. The van der Waals surface area contributed by atoms with E-state index in [4.69, 9.17) is 0 Å². The lowest BCUT2D eigenvalue weighted by Crippen LogP contribution is -2.44. The lowest BCUT2D eigenvalue weighted by molar-refractivity contribution is 0.0923. The van der Waals surface area contributed by atoms with Crippen LogP contribution in [0, 0.1) is 12.8 Å². The molecule has 22 heavy (non-hydrogen) atoms. The van der Waals surface area contributed by atoms with E-state index >= 15 is 0 Å². The zero-order valence-corrected chi connectivity index (χ0v) is 13.2. The number of aromatic nitrogens is 1. The van der Waals surface area contributed by atoms with E-state index in [-0.39, 0.29) is 11.9 Å². The molecule has 2 atom stereocenters. The van der Waals surface area contributed by atoms with Gasteiger partial charge in [-0.1, -0.05) is 18.2 Å². The fraction of sp³-hybridized carbons (Fsp3) is 0.444. The van der Waals surface area contributed by atoms with Crippen molar-refractivity contribution in [3.8, 4) is 0 Å². The van der Waals surface area contributed by atoms with Crippen molar-refractivity contribution in [3.63, 3.8) is 0 Å². The lowest BCUT2D eigenvalue weighted by Gasteiger charge is -2.29. The van der Waals surface area contributed by atoms with E-state index in [1.807, 2.05) is 37.3 Å². The van der Waals surface area contributed by atoms with Crippen molar-refractivity contribution in [1.29, 1.82) is 0 Å². The maximum atomic E-state index is 12.7. The predicted molar refractivity (Wildman–Crippen MR) is 89.0 cm³/mol. The molecule has 1 aliphatic rings. The van der Waals surface area contributed by atoms with Crippen molar-refractivity contribution in [2.45, 2.75) is 32.7 Å². The van der Waals surface area contributed by atoms with Gasteiger partial charge >= 0.3 is 0 Å². The van der Waals surface area contributed by atoms with Gasteiger partial charge < -0.3 is 10.6 Å². The second kappa shape index (κ2) is 6.44. The molecule has 116 valence electrons. The number of nitrogens with one attached hydrogen (secondary N) is 2. The number of amides is 1. The number of carbonyl (C=O) groups is 1. The number of hydrogen-bond donors (Lipinski definition) is 2. The van der Waals surface area contributed by atoms with Gasteiger partial charge in [0.05, 0.1) is 11.1 Å². The van der Waals surface area contributed by atoms with Crippen LogP contribution in [0.3, 0.4) is 0 Å². The fourth-order valence-corrected chi connectivity index (χ4v) is 3.20. The van der Waals surface area contributed by atoms with E-state index in [2.05, 4.69) is 22.5 Å². The quantitative estimate of drug-likeness (QED) is 0.916. The first-order valence-electron chi connectivity index (χ1n) is 8.03. The van der Waals surface area contributed by atoms with Gasteiger partial charge in [0.2, 0.25) is 0 Å². The van der Waals surface area contributed by atoms with Crippen molar-refractivity contribution < 1.29 is 4.79 Å². The molecule has 2 heterocycles. The molecule has 1 amide bonds. The Morgan fingerprint density at radius 3 is 3.00 bits per heavy atom. The normalized spacial score (nSPS) is 19.8. The zero-order valence-electron chi connectivity index (χ0n) is 13.2. The van der Waals surface area contributed by atoms with E-state index < -0.39 is 0 Å². The van der Waals surface area contributed by atoms with E-state index in [1.54, 1.807) is 0 Å². The number of aryl methyl sites for hydroxylation is 1. The van der Waals surface area contributed by atoms with Crippen molar-refractivity contribution in [2.24, 2.45) is 5.92 Å². The fourth-order valence-electron chi connectivity index (χ4n) is 3.20. The zero-order chi connectivity index (χ0) is 15.5. The molecular weight excluding hydrogens is 274 g/mol. The number of para-hydroxylation sites is 1. The first-order chi connectivity index (χ1) is 10.6. The second-order valence-corrected chi connectivity index (χ2v) is 6.20. The number of pyridine rings is 1. The molecular formula is C18H23N3O. The minimum atomic E-state index is -0.000210. The van der Waals surface area contributed by atoms with Crippen LogP contribution >= 0.6 is 0 Å². The summed E-state index contributed by atoms with van der Waals surface area (Å²) in [6, 6.07) is 9.87. The van der Waals surface area contributed by atoms with Crippen LogP contribution in [0.4, 0.5) is 0 Å². The number of carbonyl (C=O) groups excluding carboxylic acids is 1. The number of rotatable bonds is 3. The minimum absolute atomic E-state index is 0.000210. The van der Waals surface area contributed by atoms with Crippen LogP contribution in [-0.2, 0) is 0 Å². The minimum Gasteiger partial charge on any atom is -0.349 e. The van der Waals surface area contributed by atoms with Gasteiger partial charge in [-0.25, -0.2) is 0 Å². The molecule has 2 N–H and O–H groups in total. The monoisotopic (exact) mass is 297 g/mol. The molecule has 1 saturated heterocycles. The molecule has 1 fully saturated rings. The van der Waals surface area contributed by atoms with E-state index in [9.17, 15) is 4.79 Å². The summed E-state index contributed by atoms with van der Waals surface area (Å²) >= 11 is 0. The lowest BCUT2D eigenvalue weighted by atomic mass is 9.92. The topological polar surface area (TPSA) is 54.0 Å². The highest BCUT2D eigenvalue weighted by molar-refractivity contribution is 6.06. The molecule has 0 saturated carbocycles. The molecule has 2 unspecified atom stereocenters.